The van der Waals surface area contributed by atoms with Crippen LogP contribution >= 0.6 is 0 Å². The number of allylic oxidation sites excluding steroid dienone is 1. The molecule has 27 heavy (non-hydrogen) atoms. The Balaban J connectivity index is 1.79. The van der Waals surface area contributed by atoms with Gasteiger partial charge in [-0.1, -0.05) is 40.2 Å². The van der Waals surface area contributed by atoms with E-state index < -0.39 is 0 Å². The summed E-state index contributed by atoms with van der Waals surface area (Å²) in [6.45, 7) is 11.6. The van der Waals surface area contributed by atoms with Gasteiger partial charge in [-0.05, 0) is 78.1 Å². The Hall–Kier alpha value is -0.960. The summed E-state index contributed by atoms with van der Waals surface area (Å²) in [6.07, 6.45) is 7.97. The SMILES string of the molecule is C[C@@H]1CC2C3CCC4=CC(=O)CC[C@]4(C)[C@@]3(C)[C@@H](C)C[C@]2(C)C1C(=O)CO. The van der Waals surface area contributed by atoms with E-state index in [0.717, 1.165) is 32.1 Å². The van der Waals surface area contributed by atoms with Gasteiger partial charge in [0.1, 0.15) is 6.61 Å². The van der Waals surface area contributed by atoms with Crippen molar-refractivity contribution in [2.75, 3.05) is 6.61 Å². The summed E-state index contributed by atoms with van der Waals surface area (Å²) >= 11 is 0. The van der Waals surface area contributed by atoms with Crippen molar-refractivity contribution in [2.45, 2.75) is 73.1 Å². The zero-order chi connectivity index (χ0) is 19.8. The maximum Gasteiger partial charge on any atom is 0.162 e. The van der Waals surface area contributed by atoms with Crippen molar-refractivity contribution in [1.29, 1.82) is 0 Å². The number of ketones is 2. The van der Waals surface area contributed by atoms with Crippen molar-refractivity contribution in [3.05, 3.63) is 11.6 Å². The van der Waals surface area contributed by atoms with E-state index in [1.807, 2.05) is 6.08 Å². The summed E-state index contributed by atoms with van der Waals surface area (Å²) in [4.78, 5) is 24.8. The highest BCUT2D eigenvalue weighted by Gasteiger charge is 2.68. The highest BCUT2D eigenvalue weighted by Crippen LogP contribution is 2.74. The summed E-state index contributed by atoms with van der Waals surface area (Å²) < 4.78 is 0. The second-order valence-corrected chi connectivity index (χ2v) is 10.9. The number of hydrogen-bond acceptors (Lipinski definition) is 3. The molecule has 4 rings (SSSR count). The number of rotatable bonds is 2. The number of Topliss-reactive ketones (excluding diaryl/α,β-unsaturated/α-hetero) is 1. The van der Waals surface area contributed by atoms with Gasteiger partial charge < -0.3 is 5.11 Å². The molecule has 3 fully saturated rings. The van der Waals surface area contributed by atoms with Crippen LogP contribution in [0.5, 0.6) is 0 Å². The van der Waals surface area contributed by atoms with Crippen LogP contribution in [0.1, 0.15) is 73.1 Å². The van der Waals surface area contributed by atoms with E-state index in [0.29, 0.717) is 35.9 Å². The van der Waals surface area contributed by atoms with Crippen LogP contribution in [0.3, 0.4) is 0 Å². The molecule has 3 heteroatoms. The molecule has 0 aromatic heterocycles. The number of aliphatic hydroxyl groups is 1. The molecule has 4 aliphatic carbocycles. The molecule has 3 saturated carbocycles. The van der Waals surface area contributed by atoms with Crippen molar-refractivity contribution >= 4 is 11.6 Å². The zero-order valence-corrected chi connectivity index (χ0v) is 17.7. The summed E-state index contributed by atoms with van der Waals surface area (Å²) in [5.74, 6) is 2.36. The molecule has 0 radical (unpaired) electrons. The number of aliphatic hydroxyl groups excluding tert-OH is 1. The van der Waals surface area contributed by atoms with Crippen LogP contribution in [0.25, 0.3) is 0 Å². The van der Waals surface area contributed by atoms with Gasteiger partial charge in [-0.25, -0.2) is 0 Å². The molecule has 1 N–H and O–H groups in total. The van der Waals surface area contributed by atoms with Gasteiger partial charge in [-0.2, -0.15) is 0 Å². The lowest BCUT2D eigenvalue weighted by atomic mass is 9.37. The predicted octanol–water partition coefficient (Wildman–Crippen LogP) is 4.58. The minimum Gasteiger partial charge on any atom is -0.389 e. The van der Waals surface area contributed by atoms with E-state index in [1.165, 1.54) is 5.57 Å². The summed E-state index contributed by atoms with van der Waals surface area (Å²) in [5, 5.41) is 9.60. The Labute approximate surface area is 164 Å². The van der Waals surface area contributed by atoms with Crippen LogP contribution in [0, 0.1) is 45.8 Å². The number of fused-ring (bicyclic) bond motifs is 5. The fraction of sp³-hybridized carbons (Fsp3) is 0.833. The topological polar surface area (TPSA) is 54.4 Å². The second kappa shape index (κ2) is 6.02. The molecule has 3 unspecified atom stereocenters. The first kappa shape index (κ1) is 19.4. The molecule has 4 aliphatic rings. The highest BCUT2D eigenvalue weighted by atomic mass is 16.3. The third kappa shape index (κ3) is 2.30. The Bertz CT molecular complexity index is 708. The van der Waals surface area contributed by atoms with Crippen LogP contribution in [0.2, 0.25) is 0 Å². The normalized spacial score (nSPS) is 51.9. The van der Waals surface area contributed by atoms with E-state index in [4.69, 9.17) is 0 Å². The third-order valence-electron chi connectivity index (χ3n) is 10.1. The van der Waals surface area contributed by atoms with Gasteiger partial charge in [0, 0.05) is 12.3 Å². The lowest BCUT2D eigenvalue weighted by Crippen LogP contribution is -2.60. The fourth-order valence-corrected chi connectivity index (χ4v) is 8.72. The minimum atomic E-state index is -0.319. The lowest BCUT2D eigenvalue weighted by Gasteiger charge is -2.67. The number of carbonyl (C=O) groups excluding carboxylic acids is 2. The standard InChI is InChI=1S/C24H36O3/c1-14-10-19-18-7-6-16-11-17(26)8-9-23(16,4)24(18,5)15(2)12-22(19,3)21(14)20(27)13-25/h11,14-15,18-19,21,25H,6-10,12-13H2,1-5H3/t14-,15+,18?,19?,21?,22+,23+,24+/m1/s1. The van der Waals surface area contributed by atoms with E-state index in [-0.39, 0.29) is 34.6 Å². The monoisotopic (exact) mass is 372 g/mol. The first-order valence-electron chi connectivity index (χ1n) is 11.0. The van der Waals surface area contributed by atoms with Crippen molar-refractivity contribution in [1.82, 2.24) is 0 Å². The average molecular weight is 373 g/mol. The molecule has 0 aliphatic heterocycles. The van der Waals surface area contributed by atoms with E-state index in [2.05, 4.69) is 34.6 Å². The number of carbonyl (C=O) groups is 2. The predicted molar refractivity (Wildman–Crippen MR) is 106 cm³/mol. The van der Waals surface area contributed by atoms with Gasteiger partial charge in [-0.15, -0.1) is 0 Å². The molecule has 0 aromatic carbocycles. The van der Waals surface area contributed by atoms with Gasteiger partial charge in [0.25, 0.3) is 0 Å². The number of hydrogen-bond donors (Lipinski definition) is 1. The molecule has 0 aromatic rings. The maximum atomic E-state index is 12.7. The van der Waals surface area contributed by atoms with Crippen LogP contribution in [-0.4, -0.2) is 23.3 Å². The molecule has 0 saturated heterocycles. The molecule has 0 spiro atoms. The fourth-order valence-electron chi connectivity index (χ4n) is 8.72. The van der Waals surface area contributed by atoms with E-state index in [1.54, 1.807) is 0 Å². The summed E-state index contributed by atoms with van der Waals surface area (Å²) in [7, 11) is 0. The molecule has 3 nitrogen and oxygen atoms in total. The quantitative estimate of drug-likeness (QED) is 0.772. The van der Waals surface area contributed by atoms with Crippen molar-refractivity contribution in [3.63, 3.8) is 0 Å². The van der Waals surface area contributed by atoms with Gasteiger partial charge in [-0.3, -0.25) is 9.59 Å². The summed E-state index contributed by atoms with van der Waals surface area (Å²) in [5.41, 5.74) is 1.68. The molecule has 150 valence electrons. The second-order valence-electron chi connectivity index (χ2n) is 10.9. The highest BCUT2D eigenvalue weighted by molar-refractivity contribution is 5.91. The Kier molecular flexibility index (Phi) is 4.31. The molecular formula is C24H36O3. The molecule has 0 bridgehead atoms. The Morgan fingerprint density at radius 2 is 1.89 bits per heavy atom. The largest absolute Gasteiger partial charge is 0.389 e. The van der Waals surface area contributed by atoms with Crippen LogP contribution < -0.4 is 0 Å². The van der Waals surface area contributed by atoms with Crippen molar-refractivity contribution in [3.8, 4) is 0 Å². The van der Waals surface area contributed by atoms with Gasteiger partial charge in [0.15, 0.2) is 11.6 Å². The molecule has 0 heterocycles. The van der Waals surface area contributed by atoms with Crippen molar-refractivity contribution in [2.24, 2.45) is 45.8 Å². The smallest absolute Gasteiger partial charge is 0.162 e. The van der Waals surface area contributed by atoms with E-state index >= 15 is 0 Å². The van der Waals surface area contributed by atoms with Gasteiger partial charge in [0.05, 0.1) is 0 Å². The first-order chi connectivity index (χ1) is 12.6. The zero-order valence-electron chi connectivity index (χ0n) is 17.7. The first-order valence-corrected chi connectivity index (χ1v) is 11.0. The van der Waals surface area contributed by atoms with Gasteiger partial charge in [0.2, 0.25) is 0 Å². The lowest BCUT2D eigenvalue weighted by molar-refractivity contribution is -0.162. The van der Waals surface area contributed by atoms with E-state index in [9.17, 15) is 14.7 Å². The van der Waals surface area contributed by atoms with Crippen LogP contribution in [0.4, 0.5) is 0 Å². The summed E-state index contributed by atoms with van der Waals surface area (Å²) in [6, 6.07) is 0. The van der Waals surface area contributed by atoms with Crippen LogP contribution in [-0.2, 0) is 9.59 Å². The van der Waals surface area contributed by atoms with Crippen LogP contribution in [0.15, 0.2) is 11.6 Å². The molecule has 0 amide bonds. The Morgan fingerprint density at radius 1 is 1.19 bits per heavy atom. The van der Waals surface area contributed by atoms with Gasteiger partial charge >= 0.3 is 0 Å². The third-order valence-corrected chi connectivity index (χ3v) is 10.1. The minimum absolute atomic E-state index is 0.00261. The van der Waals surface area contributed by atoms with Crippen molar-refractivity contribution < 1.29 is 14.7 Å². The molecular weight excluding hydrogens is 336 g/mol. The molecule has 8 atom stereocenters. The average Bonchev–Trinajstić information content (AvgIpc) is 2.86. The maximum absolute atomic E-state index is 12.7. The Morgan fingerprint density at radius 3 is 2.56 bits per heavy atom.